The van der Waals surface area contributed by atoms with Gasteiger partial charge in [-0.05, 0) is 62.5 Å². The van der Waals surface area contributed by atoms with Gasteiger partial charge in [0.1, 0.15) is 5.82 Å². The van der Waals surface area contributed by atoms with Crippen LogP contribution in [-0.2, 0) is 22.4 Å². The van der Waals surface area contributed by atoms with Crippen LogP contribution in [-0.4, -0.2) is 62.1 Å². The van der Waals surface area contributed by atoms with Crippen LogP contribution in [0.15, 0.2) is 0 Å². The van der Waals surface area contributed by atoms with E-state index in [0.29, 0.717) is 48.6 Å². The van der Waals surface area contributed by atoms with Crippen LogP contribution in [0, 0.1) is 25.2 Å². The van der Waals surface area contributed by atoms with Crippen LogP contribution in [0.5, 0.6) is 0 Å². The van der Waals surface area contributed by atoms with Gasteiger partial charge in [0.2, 0.25) is 0 Å². The van der Waals surface area contributed by atoms with E-state index in [1.54, 1.807) is 4.90 Å². The SMILES string of the molecule is Cc1c(N2CCC(OCC3(C)CC3)C3CC32)nc2c(c1C)C(=O)N(CCCS(=O)[O-])C2. The van der Waals surface area contributed by atoms with Crippen molar-refractivity contribution in [2.45, 2.75) is 71.6 Å². The van der Waals surface area contributed by atoms with Gasteiger partial charge in [-0.2, -0.15) is 0 Å². The van der Waals surface area contributed by atoms with Crippen molar-refractivity contribution in [3.63, 3.8) is 0 Å². The van der Waals surface area contributed by atoms with Gasteiger partial charge in [-0.25, -0.2) is 4.98 Å². The number of pyridine rings is 1. The number of carbonyl (C=O) groups excluding carboxylic acids is 1. The minimum Gasteiger partial charge on any atom is -0.772 e. The molecule has 4 atom stereocenters. The van der Waals surface area contributed by atoms with E-state index in [2.05, 4.69) is 18.7 Å². The van der Waals surface area contributed by atoms with Gasteiger partial charge in [0.15, 0.2) is 0 Å². The summed E-state index contributed by atoms with van der Waals surface area (Å²) in [6.45, 7) is 9.17. The Morgan fingerprint density at radius 1 is 1.29 bits per heavy atom. The molecular weight excluding hydrogens is 414 g/mol. The second-order valence-electron chi connectivity index (χ2n) is 10.2. The molecule has 0 bridgehead atoms. The standard InChI is InChI=1S/C23H33N3O4S/c1-14-15(2)21(24-17-12-25(22(27)20(14)17)8-4-10-31(28)29)26-9-5-19(16-11-18(16)26)30-13-23(3)6-7-23/h16,18-19H,4-13H2,1-3H3,(H,28,29)/p-1. The molecule has 1 amide bonds. The van der Waals surface area contributed by atoms with Crippen molar-refractivity contribution in [2.24, 2.45) is 11.3 Å². The summed E-state index contributed by atoms with van der Waals surface area (Å²) in [5.41, 5.74) is 4.08. The number of piperidine rings is 1. The summed E-state index contributed by atoms with van der Waals surface area (Å²) in [5.74, 6) is 1.68. The summed E-state index contributed by atoms with van der Waals surface area (Å²) in [6.07, 6.45) is 5.61. The third-order valence-electron chi connectivity index (χ3n) is 7.74. The van der Waals surface area contributed by atoms with Gasteiger partial charge < -0.3 is 19.1 Å². The molecule has 31 heavy (non-hydrogen) atoms. The summed E-state index contributed by atoms with van der Waals surface area (Å²) >= 11 is -2.07. The second-order valence-corrected chi connectivity index (χ2v) is 11.2. The highest BCUT2D eigenvalue weighted by atomic mass is 32.2. The summed E-state index contributed by atoms with van der Waals surface area (Å²) in [7, 11) is 0. The largest absolute Gasteiger partial charge is 0.772 e. The van der Waals surface area contributed by atoms with Crippen LogP contribution in [0.2, 0.25) is 0 Å². The van der Waals surface area contributed by atoms with Crippen molar-refractivity contribution in [3.05, 3.63) is 22.4 Å². The number of anilines is 1. The molecule has 0 aromatic carbocycles. The molecule has 7 nitrogen and oxygen atoms in total. The molecule has 3 fully saturated rings. The van der Waals surface area contributed by atoms with Crippen LogP contribution < -0.4 is 4.90 Å². The maximum Gasteiger partial charge on any atom is 0.256 e. The highest BCUT2D eigenvalue weighted by Crippen LogP contribution is 2.50. The lowest BCUT2D eigenvalue weighted by Gasteiger charge is -2.34. The molecule has 0 radical (unpaired) electrons. The Balaban J connectivity index is 1.29. The molecule has 0 spiro atoms. The van der Waals surface area contributed by atoms with E-state index in [-0.39, 0.29) is 11.7 Å². The van der Waals surface area contributed by atoms with Crippen LogP contribution in [0.25, 0.3) is 0 Å². The molecule has 8 heteroatoms. The van der Waals surface area contributed by atoms with Gasteiger partial charge >= 0.3 is 0 Å². The average molecular weight is 447 g/mol. The fraction of sp³-hybridized carbons (Fsp3) is 0.739. The zero-order valence-corrected chi connectivity index (χ0v) is 19.5. The van der Waals surface area contributed by atoms with Crippen LogP contribution in [0.3, 0.4) is 0 Å². The van der Waals surface area contributed by atoms with Gasteiger partial charge in [-0.1, -0.05) is 18.0 Å². The highest BCUT2D eigenvalue weighted by Gasteiger charge is 2.52. The minimum absolute atomic E-state index is 0.0173. The van der Waals surface area contributed by atoms with E-state index in [0.717, 1.165) is 48.6 Å². The van der Waals surface area contributed by atoms with Gasteiger partial charge in [0, 0.05) is 30.8 Å². The fourth-order valence-electron chi connectivity index (χ4n) is 5.22. The molecule has 0 N–H and O–H groups in total. The lowest BCUT2D eigenvalue weighted by molar-refractivity contribution is 0.00311. The first kappa shape index (κ1) is 21.3. The van der Waals surface area contributed by atoms with E-state index in [1.165, 1.54) is 12.8 Å². The number of rotatable bonds is 8. The lowest BCUT2D eigenvalue weighted by atomic mass is 10.0. The Hall–Kier alpha value is -1.51. The van der Waals surface area contributed by atoms with E-state index < -0.39 is 11.1 Å². The van der Waals surface area contributed by atoms with Crippen molar-refractivity contribution in [1.29, 1.82) is 0 Å². The Morgan fingerprint density at radius 3 is 2.77 bits per heavy atom. The van der Waals surface area contributed by atoms with E-state index >= 15 is 0 Å². The molecule has 2 aliphatic heterocycles. The summed E-state index contributed by atoms with van der Waals surface area (Å²) in [6, 6.07) is 0.495. The summed E-state index contributed by atoms with van der Waals surface area (Å²) in [4.78, 5) is 22.1. The number of hydrogen-bond donors (Lipinski definition) is 0. The van der Waals surface area contributed by atoms with Gasteiger partial charge in [0.25, 0.3) is 5.91 Å². The van der Waals surface area contributed by atoms with Crippen molar-refractivity contribution in [3.8, 4) is 0 Å². The molecule has 3 heterocycles. The van der Waals surface area contributed by atoms with E-state index in [4.69, 9.17) is 9.72 Å². The quantitative estimate of drug-likeness (QED) is 0.571. The van der Waals surface area contributed by atoms with Crippen LogP contribution in [0.4, 0.5) is 5.82 Å². The molecular formula is C23H32N3O4S-. The molecule has 170 valence electrons. The average Bonchev–Trinajstić information content (AvgIpc) is 3.63. The predicted molar refractivity (Wildman–Crippen MR) is 118 cm³/mol. The number of aromatic nitrogens is 1. The van der Waals surface area contributed by atoms with Gasteiger partial charge in [0.05, 0.1) is 30.5 Å². The smallest absolute Gasteiger partial charge is 0.256 e. The van der Waals surface area contributed by atoms with E-state index in [1.807, 2.05) is 6.92 Å². The normalized spacial score (nSPS) is 29.0. The Bertz CT molecular complexity index is 932. The number of nitrogens with zero attached hydrogens (tertiary/aromatic N) is 3. The van der Waals surface area contributed by atoms with Gasteiger partial charge in [-0.3, -0.25) is 9.00 Å². The molecule has 4 aliphatic rings. The minimum atomic E-state index is -2.07. The number of ether oxygens (including phenoxy) is 1. The zero-order chi connectivity index (χ0) is 21.9. The summed E-state index contributed by atoms with van der Waals surface area (Å²) in [5, 5.41) is 0. The third-order valence-corrected chi connectivity index (χ3v) is 8.36. The van der Waals surface area contributed by atoms with Crippen molar-refractivity contribution in [2.75, 3.05) is 30.3 Å². The first-order chi connectivity index (χ1) is 14.8. The van der Waals surface area contributed by atoms with Gasteiger partial charge in [-0.15, -0.1) is 0 Å². The highest BCUT2D eigenvalue weighted by molar-refractivity contribution is 7.79. The van der Waals surface area contributed by atoms with Crippen LogP contribution in [0.1, 0.15) is 66.2 Å². The molecule has 2 saturated carbocycles. The number of hydrogen-bond acceptors (Lipinski definition) is 6. The number of carbonyl (C=O) groups is 1. The first-order valence-corrected chi connectivity index (χ1v) is 12.8. The topological polar surface area (TPSA) is 85.8 Å². The zero-order valence-electron chi connectivity index (χ0n) is 18.7. The maximum atomic E-state index is 12.9. The molecule has 1 saturated heterocycles. The van der Waals surface area contributed by atoms with Crippen LogP contribution >= 0.6 is 0 Å². The third kappa shape index (κ3) is 4.02. The first-order valence-electron chi connectivity index (χ1n) is 11.5. The number of fused-ring (bicyclic) bond motifs is 2. The van der Waals surface area contributed by atoms with Crippen molar-refractivity contribution in [1.82, 2.24) is 9.88 Å². The maximum absolute atomic E-state index is 12.9. The molecule has 1 aromatic heterocycles. The predicted octanol–water partition coefficient (Wildman–Crippen LogP) is 2.71. The number of amides is 1. The fourth-order valence-corrected chi connectivity index (χ4v) is 5.59. The summed E-state index contributed by atoms with van der Waals surface area (Å²) < 4.78 is 27.9. The Kier molecular flexibility index (Phi) is 5.38. The molecule has 1 aromatic rings. The van der Waals surface area contributed by atoms with Crippen molar-refractivity contribution < 1.29 is 18.3 Å². The Morgan fingerprint density at radius 2 is 2.06 bits per heavy atom. The monoisotopic (exact) mass is 446 g/mol. The lowest BCUT2D eigenvalue weighted by Crippen LogP contribution is -2.40. The molecule has 5 rings (SSSR count). The van der Waals surface area contributed by atoms with Crippen molar-refractivity contribution >= 4 is 22.8 Å². The second kappa shape index (κ2) is 7.81. The molecule has 4 unspecified atom stereocenters. The van der Waals surface area contributed by atoms with E-state index in [9.17, 15) is 13.6 Å². The molecule has 2 aliphatic carbocycles. The Labute approximate surface area is 186 Å².